The minimum Gasteiger partial charge on any atom is -0.440 e. The predicted molar refractivity (Wildman–Crippen MR) is 61.4 cm³/mol. The summed E-state index contributed by atoms with van der Waals surface area (Å²) in [6.07, 6.45) is 2.36. The fourth-order valence-corrected chi connectivity index (χ4v) is 2.25. The summed E-state index contributed by atoms with van der Waals surface area (Å²) < 4.78 is 13.0. The molecule has 1 aliphatic heterocycles. The van der Waals surface area contributed by atoms with E-state index in [4.69, 9.17) is 14.6 Å². The van der Waals surface area contributed by atoms with Crippen LogP contribution in [0.4, 0.5) is 0 Å². The topological polar surface area (TPSA) is 64.0 Å². The molecule has 3 rings (SSSR count). The van der Waals surface area contributed by atoms with E-state index in [1.54, 1.807) is 10.9 Å². The molecule has 3 heterocycles. The molecule has 0 unspecified atom stereocenters. The Morgan fingerprint density at radius 3 is 3.00 bits per heavy atom. The van der Waals surface area contributed by atoms with E-state index in [0.29, 0.717) is 17.8 Å². The zero-order chi connectivity index (χ0) is 12.2. The Kier molecular flexibility index (Phi) is 1.98. The summed E-state index contributed by atoms with van der Waals surface area (Å²) in [6.45, 7) is 4.56. The van der Waals surface area contributed by atoms with Crippen LogP contribution in [0.25, 0.3) is 11.1 Å². The van der Waals surface area contributed by atoms with Gasteiger partial charge in [0.2, 0.25) is 5.71 Å². The van der Waals surface area contributed by atoms with Crippen molar-refractivity contribution >= 4 is 11.1 Å². The molecule has 5 nitrogen and oxygen atoms in total. The molecule has 0 amide bonds. The molecule has 1 aliphatic rings. The number of nitrogens with zero attached hydrogens (tertiary/aromatic N) is 2. The first-order chi connectivity index (χ1) is 7.98. The fraction of sp³-hybridized carbons (Fsp3) is 0.500. The standard InChI is InChI=1S/C12H15N3O2/c1-12(2)4-7-8(5-16-12)17-11-9(7)10(13)15(3)6-14-11/h6,13H,4-5H2,1-3H3. The van der Waals surface area contributed by atoms with Crippen LogP contribution in [0.15, 0.2) is 10.7 Å². The molecule has 0 aromatic carbocycles. The number of rotatable bonds is 0. The Bertz CT molecular complexity index is 652. The second-order valence-corrected chi connectivity index (χ2v) is 5.11. The molecular formula is C12H15N3O2. The van der Waals surface area contributed by atoms with E-state index < -0.39 is 0 Å². The van der Waals surface area contributed by atoms with Gasteiger partial charge in [0.15, 0.2) is 0 Å². The number of furan rings is 1. The van der Waals surface area contributed by atoms with Crippen molar-refractivity contribution in [3.05, 3.63) is 23.1 Å². The zero-order valence-corrected chi connectivity index (χ0v) is 10.2. The summed E-state index contributed by atoms with van der Waals surface area (Å²) in [6, 6.07) is 0. The van der Waals surface area contributed by atoms with Crippen LogP contribution < -0.4 is 5.49 Å². The van der Waals surface area contributed by atoms with Gasteiger partial charge in [0.25, 0.3) is 0 Å². The normalized spacial score (nSPS) is 18.3. The number of hydrogen-bond donors (Lipinski definition) is 1. The quantitative estimate of drug-likeness (QED) is 0.750. The van der Waals surface area contributed by atoms with Gasteiger partial charge in [0.1, 0.15) is 17.9 Å². The van der Waals surface area contributed by atoms with Crippen molar-refractivity contribution in [1.29, 1.82) is 5.41 Å². The van der Waals surface area contributed by atoms with E-state index in [2.05, 4.69) is 18.8 Å². The summed E-state index contributed by atoms with van der Waals surface area (Å²) in [5.41, 5.74) is 1.85. The van der Waals surface area contributed by atoms with Crippen molar-refractivity contribution in [3.63, 3.8) is 0 Å². The Labute approximate surface area is 98.5 Å². The first-order valence-corrected chi connectivity index (χ1v) is 5.62. The smallest absolute Gasteiger partial charge is 0.231 e. The molecule has 0 fully saturated rings. The molecular weight excluding hydrogens is 218 g/mol. The molecule has 17 heavy (non-hydrogen) atoms. The van der Waals surface area contributed by atoms with Gasteiger partial charge in [-0.05, 0) is 13.8 Å². The van der Waals surface area contributed by atoms with Crippen LogP contribution in [-0.4, -0.2) is 15.2 Å². The summed E-state index contributed by atoms with van der Waals surface area (Å²) in [5, 5.41) is 8.92. The minimum absolute atomic E-state index is 0.204. The van der Waals surface area contributed by atoms with E-state index in [1.165, 1.54) is 0 Å². The fourth-order valence-electron chi connectivity index (χ4n) is 2.25. The molecule has 0 saturated heterocycles. The number of aromatic nitrogens is 2. The average Bonchev–Trinajstić information content (AvgIpc) is 2.60. The van der Waals surface area contributed by atoms with Crippen LogP contribution in [0.2, 0.25) is 0 Å². The summed E-state index contributed by atoms with van der Waals surface area (Å²) in [5.74, 6) is 0.812. The van der Waals surface area contributed by atoms with E-state index >= 15 is 0 Å². The largest absolute Gasteiger partial charge is 0.440 e. The van der Waals surface area contributed by atoms with Gasteiger partial charge in [0.05, 0.1) is 17.3 Å². The van der Waals surface area contributed by atoms with Crippen molar-refractivity contribution in [3.8, 4) is 0 Å². The first kappa shape index (κ1) is 10.5. The molecule has 2 aromatic heterocycles. The highest BCUT2D eigenvalue weighted by atomic mass is 16.5. The maximum Gasteiger partial charge on any atom is 0.231 e. The van der Waals surface area contributed by atoms with Crippen LogP contribution >= 0.6 is 0 Å². The minimum atomic E-state index is -0.204. The lowest BCUT2D eigenvalue weighted by Gasteiger charge is -2.29. The molecule has 2 aromatic rings. The number of nitrogens with one attached hydrogen (secondary N) is 1. The number of fused-ring (bicyclic) bond motifs is 3. The molecule has 0 aliphatic carbocycles. The molecule has 5 heteroatoms. The van der Waals surface area contributed by atoms with Crippen LogP contribution in [0.5, 0.6) is 0 Å². The SMILES string of the molecule is Cn1cnc2oc3c(c2c1=N)CC(C)(C)OC3. The summed E-state index contributed by atoms with van der Waals surface area (Å²) in [7, 11) is 1.82. The van der Waals surface area contributed by atoms with Crippen molar-refractivity contribution in [2.24, 2.45) is 7.05 Å². The van der Waals surface area contributed by atoms with E-state index in [1.807, 2.05) is 7.05 Å². The van der Waals surface area contributed by atoms with Gasteiger partial charge in [-0.3, -0.25) is 5.41 Å². The van der Waals surface area contributed by atoms with Crippen LogP contribution in [-0.2, 0) is 24.8 Å². The summed E-state index contributed by atoms with van der Waals surface area (Å²) in [4.78, 5) is 4.22. The molecule has 0 atom stereocenters. The van der Waals surface area contributed by atoms with Gasteiger partial charge in [-0.2, -0.15) is 0 Å². The number of aryl methyl sites for hydroxylation is 1. The lowest BCUT2D eigenvalue weighted by atomic mass is 9.94. The molecule has 0 radical (unpaired) electrons. The van der Waals surface area contributed by atoms with E-state index in [0.717, 1.165) is 23.1 Å². The van der Waals surface area contributed by atoms with Gasteiger partial charge in [-0.1, -0.05) is 0 Å². The Hall–Kier alpha value is -1.62. The second kappa shape index (κ2) is 3.20. The Morgan fingerprint density at radius 2 is 2.24 bits per heavy atom. The molecule has 1 N–H and O–H groups in total. The maximum absolute atomic E-state index is 8.10. The lowest BCUT2D eigenvalue weighted by molar-refractivity contribution is -0.0476. The number of ether oxygens (including phenoxy) is 1. The Balaban J connectivity index is 2.34. The maximum atomic E-state index is 8.10. The molecule has 0 bridgehead atoms. The zero-order valence-electron chi connectivity index (χ0n) is 10.2. The average molecular weight is 233 g/mol. The van der Waals surface area contributed by atoms with Gasteiger partial charge in [-0.25, -0.2) is 4.98 Å². The monoisotopic (exact) mass is 233 g/mol. The Morgan fingerprint density at radius 1 is 1.47 bits per heavy atom. The van der Waals surface area contributed by atoms with Gasteiger partial charge < -0.3 is 13.7 Å². The van der Waals surface area contributed by atoms with Crippen LogP contribution in [0.3, 0.4) is 0 Å². The van der Waals surface area contributed by atoms with E-state index in [9.17, 15) is 0 Å². The molecule has 0 spiro atoms. The third-order valence-electron chi connectivity index (χ3n) is 3.21. The predicted octanol–water partition coefficient (Wildman–Crippen LogP) is 1.50. The highest BCUT2D eigenvalue weighted by Gasteiger charge is 2.31. The van der Waals surface area contributed by atoms with Gasteiger partial charge in [0, 0.05) is 19.0 Å². The third-order valence-corrected chi connectivity index (χ3v) is 3.21. The van der Waals surface area contributed by atoms with E-state index in [-0.39, 0.29) is 5.60 Å². The van der Waals surface area contributed by atoms with Crippen LogP contribution in [0.1, 0.15) is 25.2 Å². The highest BCUT2D eigenvalue weighted by molar-refractivity contribution is 5.77. The van der Waals surface area contributed by atoms with Crippen molar-refractivity contribution in [2.45, 2.75) is 32.5 Å². The van der Waals surface area contributed by atoms with Crippen LogP contribution in [0, 0.1) is 5.41 Å². The van der Waals surface area contributed by atoms with Crippen molar-refractivity contribution in [2.75, 3.05) is 0 Å². The third kappa shape index (κ3) is 1.50. The summed E-state index contributed by atoms with van der Waals surface area (Å²) >= 11 is 0. The first-order valence-electron chi connectivity index (χ1n) is 5.62. The van der Waals surface area contributed by atoms with Gasteiger partial charge >= 0.3 is 0 Å². The number of hydrogen-bond acceptors (Lipinski definition) is 4. The molecule has 90 valence electrons. The van der Waals surface area contributed by atoms with Crippen molar-refractivity contribution < 1.29 is 9.15 Å². The molecule has 0 saturated carbocycles. The highest BCUT2D eigenvalue weighted by Crippen LogP contribution is 2.32. The second-order valence-electron chi connectivity index (χ2n) is 5.11. The van der Waals surface area contributed by atoms with Gasteiger partial charge in [-0.15, -0.1) is 0 Å². The lowest BCUT2D eigenvalue weighted by Crippen LogP contribution is -2.32. The van der Waals surface area contributed by atoms with Crippen molar-refractivity contribution in [1.82, 2.24) is 9.55 Å².